The van der Waals surface area contributed by atoms with Crippen molar-refractivity contribution in [2.45, 2.75) is 44.2 Å². The Morgan fingerprint density at radius 1 is 1.40 bits per heavy atom. The molecule has 1 aliphatic carbocycles. The van der Waals surface area contributed by atoms with Crippen LogP contribution in [0.15, 0.2) is 16.8 Å². The summed E-state index contributed by atoms with van der Waals surface area (Å²) in [4.78, 5) is 0. The Balaban J connectivity index is 1.68. The molecule has 1 aromatic heterocycles. The lowest BCUT2D eigenvalue weighted by Crippen LogP contribution is -2.42. The summed E-state index contributed by atoms with van der Waals surface area (Å²) in [7, 11) is 0. The summed E-state index contributed by atoms with van der Waals surface area (Å²) >= 11 is 1.75. The van der Waals surface area contributed by atoms with Gasteiger partial charge in [0.1, 0.15) is 0 Å². The molecule has 15 heavy (non-hydrogen) atoms. The number of hydrogen-bond acceptors (Lipinski definition) is 3. The maximum Gasteiger partial charge on any atom is 0.0693 e. The predicted octanol–water partition coefficient (Wildman–Crippen LogP) is 2.18. The molecule has 2 nitrogen and oxygen atoms in total. The van der Waals surface area contributed by atoms with Crippen LogP contribution < -0.4 is 5.32 Å². The molecule has 0 spiro atoms. The van der Waals surface area contributed by atoms with Gasteiger partial charge in [-0.15, -0.1) is 0 Å². The minimum Gasteiger partial charge on any atom is -0.392 e. The fourth-order valence-electron chi connectivity index (χ4n) is 2.19. The standard InChI is InChI=1S/C12H19NOS/c14-12-4-2-1-3-11(12)13-7-5-10-6-8-15-9-10/h6,8-9,11-14H,1-5,7H2. The van der Waals surface area contributed by atoms with E-state index >= 15 is 0 Å². The van der Waals surface area contributed by atoms with E-state index in [0.717, 1.165) is 25.8 Å². The fraction of sp³-hybridized carbons (Fsp3) is 0.667. The van der Waals surface area contributed by atoms with E-state index in [0.29, 0.717) is 6.04 Å². The highest BCUT2D eigenvalue weighted by molar-refractivity contribution is 7.07. The van der Waals surface area contributed by atoms with Crippen molar-refractivity contribution >= 4 is 11.3 Å². The lowest BCUT2D eigenvalue weighted by molar-refractivity contribution is 0.0914. The highest BCUT2D eigenvalue weighted by Crippen LogP contribution is 2.18. The summed E-state index contributed by atoms with van der Waals surface area (Å²) in [5, 5.41) is 17.5. The second-order valence-corrected chi connectivity index (χ2v) is 5.07. The van der Waals surface area contributed by atoms with Gasteiger partial charge in [-0.05, 0) is 48.2 Å². The highest BCUT2D eigenvalue weighted by Gasteiger charge is 2.21. The van der Waals surface area contributed by atoms with Crippen LogP contribution >= 0.6 is 11.3 Å². The second-order valence-electron chi connectivity index (χ2n) is 4.29. The zero-order valence-electron chi connectivity index (χ0n) is 8.98. The van der Waals surface area contributed by atoms with E-state index in [1.165, 1.54) is 18.4 Å². The molecule has 2 rings (SSSR count). The zero-order chi connectivity index (χ0) is 10.5. The highest BCUT2D eigenvalue weighted by atomic mass is 32.1. The SMILES string of the molecule is OC1CCCCC1NCCc1ccsc1. The predicted molar refractivity (Wildman–Crippen MR) is 64.3 cm³/mol. The molecule has 3 heteroatoms. The third-order valence-electron chi connectivity index (χ3n) is 3.13. The van der Waals surface area contributed by atoms with Crippen molar-refractivity contribution in [2.75, 3.05) is 6.54 Å². The minimum absolute atomic E-state index is 0.124. The number of nitrogens with one attached hydrogen (secondary N) is 1. The summed E-state index contributed by atoms with van der Waals surface area (Å²) in [6, 6.07) is 2.50. The molecule has 1 heterocycles. The molecule has 0 amide bonds. The van der Waals surface area contributed by atoms with E-state index in [1.807, 2.05) is 0 Å². The Morgan fingerprint density at radius 3 is 3.00 bits per heavy atom. The van der Waals surface area contributed by atoms with Gasteiger partial charge in [-0.1, -0.05) is 12.8 Å². The third kappa shape index (κ3) is 3.30. The Labute approximate surface area is 95.3 Å². The van der Waals surface area contributed by atoms with Gasteiger partial charge in [0, 0.05) is 6.04 Å². The Morgan fingerprint density at radius 2 is 2.27 bits per heavy atom. The van der Waals surface area contributed by atoms with Crippen LogP contribution in [0.2, 0.25) is 0 Å². The first-order valence-corrected chi connectivity index (χ1v) is 6.73. The van der Waals surface area contributed by atoms with Gasteiger partial charge < -0.3 is 10.4 Å². The summed E-state index contributed by atoms with van der Waals surface area (Å²) in [5.74, 6) is 0. The fourth-order valence-corrected chi connectivity index (χ4v) is 2.89. The summed E-state index contributed by atoms with van der Waals surface area (Å²) < 4.78 is 0. The maximum absolute atomic E-state index is 9.77. The third-order valence-corrected chi connectivity index (χ3v) is 3.86. The van der Waals surface area contributed by atoms with E-state index in [9.17, 15) is 5.11 Å². The van der Waals surface area contributed by atoms with Crippen LogP contribution in [-0.2, 0) is 6.42 Å². The number of aliphatic hydroxyl groups is 1. The van der Waals surface area contributed by atoms with Gasteiger partial charge in [-0.2, -0.15) is 11.3 Å². The second kappa shape index (κ2) is 5.64. The van der Waals surface area contributed by atoms with Gasteiger partial charge >= 0.3 is 0 Å². The Hall–Kier alpha value is -0.380. The molecule has 0 saturated heterocycles. The van der Waals surface area contributed by atoms with Gasteiger partial charge in [0.15, 0.2) is 0 Å². The first kappa shape index (κ1) is 11.1. The van der Waals surface area contributed by atoms with Crippen molar-refractivity contribution < 1.29 is 5.11 Å². The van der Waals surface area contributed by atoms with E-state index in [2.05, 4.69) is 22.1 Å². The lowest BCUT2D eigenvalue weighted by Gasteiger charge is -2.28. The normalized spacial score (nSPS) is 26.7. The van der Waals surface area contributed by atoms with Crippen molar-refractivity contribution in [3.8, 4) is 0 Å². The summed E-state index contributed by atoms with van der Waals surface area (Å²) in [5.41, 5.74) is 1.40. The topological polar surface area (TPSA) is 32.3 Å². The van der Waals surface area contributed by atoms with Crippen molar-refractivity contribution in [2.24, 2.45) is 0 Å². The molecule has 0 radical (unpaired) electrons. The first-order valence-electron chi connectivity index (χ1n) is 5.79. The molecule has 0 aromatic carbocycles. The van der Waals surface area contributed by atoms with Crippen molar-refractivity contribution in [3.05, 3.63) is 22.4 Å². The van der Waals surface area contributed by atoms with E-state index < -0.39 is 0 Å². The monoisotopic (exact) mass is 225 g/mol. The van der Waals surface area contributed by atoms with Gasteiger partial charge in [0.25, 0.3) is 0 Å². The van der Waals surface area contributed by atoms with E-state index in [1.54, 1.807) is 11.3 Å². The zero-order valence-corrected chi connectivity index (χ0v) is 9.80. The number of aliphatic hydroxyl groups excluding tert-OH is 1. The average molecular weight is 225 g/mol. The molecule has 0 aliphatic heterocycles. The molecule has 2 N–H and O–H groups in total. The Bertz CT molecular complexity index is 273. The summed E-state index contributed by atoms with van der Waals surface area (Å²) in [6.07, 6.45) is 5.49. The van der Waals surface area contributed by atoms with Crippen LogP contribution in [-0.4, -0.2) is 23.8 Å². The number of rotatable bonds is 4. The molecule has 84 valence electrons. The van der Waals surface area contributed by atoms with Crippen LogP contribution in [0.3, 0.4) is 0 Å². The minimum atomic E-state index is -0.124. The smallest absolute Gasteiger partial charge is 0.0693 e. The summed E-state index contributed by atoms with van der Waals surface area (Å²) in [6.45, 7) is 0.985. The van der Waals surface area contributed by atoms with Gasteiger partial charge in [0.2, 0.25) is 0 Å². The van der Waals surface area contributed by atoms with Gasteiger partial charge in [-0.25, -0.2) is 0 Å². The molecule has 2 unspecified atom stereocenters. The van der Waals surface area contributed by atoms with Gasteiger partial charge in [-0.3, -0.25) is 0 Å². The largest absolute Gasteiger partial charge is 0.392 e. The molecule has 1 aromatic rings. The van der Waals surface area contributed by atoms with Crippen LogP contribution in [0.1, 0.15) is 31.2 Å². The van der Waals surface area contributed by atoms with Gasteiger partial charge in [0.05, 0.1) is 6.10 Å². The quantitative estimate of drug-likeness (QED) is 0.823. The molecule has 1 fully saturated rings. The van der Waals surface area contributed by atoms with E-state index in [-0.39, 0.29) is 6.10 Å². The van der Waals surface area contributed by atoms with Crippen LogP contribution in [0.25, 0.3) is 0 Å². The molecular formula is C12H19NOS. The van der Waals surface area contributed by atoms with Crippen molar-refractivity contribution in [1.82, 2.24) is 5.32 Å². The van der Waals surface area contributed by atoms with Crippen LogP contribution in [0, 0.1) is 0 Å². The van der Waals surface area contributed by atoms with Crippen molar-refractivity contribution in [3.63, 3.8) is 0 Å². The molecule has 2 atom stereocenters. The number of hydrogen-bond donors (Lipinski definition) is 2. The first-order chi connectivity index (χ1) is 7.36. The van der Waals surface area contributed by atoms with E-state index in [4.69, 9.17) is 0 Å². The maximum atomic E-state index is 9.77. The van der Waals surface area contributed by atoms with Crippen LogP contribution in [0.4, 0.5) is 0 Å². The lowest BCUT2D eigenvalue weighted by atomic mass is 9.92. The van der Waals surface area contributed by atoms with Crippen LogP contribution in [0.5, 0.6) is 0 Å². The Kier molecular flexibility index (Phi) is 4.18. The molecular weight excluding hydrogens is 206 g/mol. The molecule has 1 saturated carbocycles. The molecule has 0 bridgehead atoms. The molecule has 1 aliphatic rings. The number of thiophene rings is 1. The van der Waals surface area contributed by atoms with Crippen molar-refractivity contribution in [1.29, 1.82) is 0 Å². The average Bonchev–Trinajstić information content (AvgIpc) is 2.74.